The molecule has 0 fully saturated rings. The van der Waals surface area contributed by atoms with Gasteiger partial charge in [-0.25, -0.2) is 4.39 Å². The highest BCUT2D eigenvalue weighted by Gasteiger charge is 2.12. The molecule has 2 nitrogen and oxygen atoms in total. The Labute approximate surface area is 82.4 Å². The zero-order valence-electron chi connectivity index (χ0n) is 8.30. The highest BCUT2D eigenvalue weighted by Crippen LogP contribution is 2.25. The van der Waals surface area contributed by atoms with Crippen molar-refractivity contribution < 1.29 is 14.3 Å². The van der Waals surface area contributed by atoms with E-state index in [1.807, 2.05) is 6.92 Å². The van der Waals surface area contributed by atoms with Gasteiger partial charge in [0, 0.05) is 0 Å². The predicted molar refractivity (Wildman–Crippen MR) is 52.1 cm³/mol. The minimum absolute atomic E-state index is 0.0634. The van der Waals surface area contributed by atoms with Crippen LogP contribution in [0.15, 0.2) is 12.1 Å². The van der Waals surface area contributed by atoms with Crippen molar-refractivity contribution in [1.29, 1.82) is 0 Å². The van der Waals surface area contributed by atoms with E-state index in [2.05, 4.69) is 0 Å². The Morgan fingerprint density at radius 2 is 2.14 bits per heavy atom. The van der Waals surface area contributed by atoms with Crippen LogP contribution < -0.4 is 0 Å². The summed E-state index contributed by atoms with van der Waals surface area (Å²) >= 11 is 0. The number of benzene rings is 1. The smallest absolute Gasteiger partial charge is 0.163 e. The fraction of sp³-hybridized carbons (Fsp3) is 0.364. The Balaban J connectivity index is 3.24. The molecule has 0 aliphatic carbocycles. The molecule has 0 aromatic heterocycles. The van der Waals surface area contributed by atoms with Gasteiger partial charge in [-0.15, -0.1) is 0 Å². The first-order valence-electron chi connectivity index (χ1n) is 4.58. The molecule has 1 rings (SSSR count). The van der Waals surface area contributed by atoms with Crippen molar-refractivity contribution in [1.82, 2.24) is 0 Å². The van der Waals surface area contributed by atoms with E-state index in [9.17, 15) is 14.3 Å². The fourth-order valence-corrected chi connectivity index (χ4v) is 1.38. The highest BCUT2D eigenvalue weighted by molar-refractivity contribution is 5.97. The highest BCUT2D eigenvalue weighted by atomic mass is 19.1. The molecule has 1 aromatic rings. The fourth-order valence-electron chi connectivity index (χ4n) is 1.38. The van der Waals surface area contributed by atoms with Crippen LogP contribution in [-0.4, -0.2) is 10.9 Å². The molecule has 0 aliphatic heterocycles. The van der Waals surface area contributed by atoms with Crippen LogP contribution in [0.4, 0.5) is 4.39 Å². The lowest BCUT2D eigenvalue weighted by Crippen LogP contribution is -1.98. The largest absolute Gasteiger partial charge is 0.507 e. The normalized spacial score (nSPS) is 10.2. The molecule has 3 heteroatoms. The second kappa shape index (κ2) is 4.22. The van der Waals surface area contributed by atoms with E-state index in [1.165, 1.54) is 13.0 Å². The van der Waals surface area contributed by atoms with E-state index >= 15 is 0 Å². The van der Waals surface area contributed by atoms with Crippen LogP contribution in [0.2, 0.25) is 0 Å². The number of phenolic OH excluding ortho intramolecular Hbond substituents is 1. The molecule has 14 heavy (non-hydrogen) atoms. The lowest BCUT2D eigenvalue weighted by molar-refractivity contribution is 0.101. The maximum atomic E-state index is 13.0. The zero-order valence-corrected chi connectivity index (χ0v) is 8.30. The van der Waals surface area contributed by atoms with Gasteiger partial charge in [-0.05, 0) is 31.0 Å². The van der Waals surface area contributed by atoms with Gasteiger partial charge in [0.1, 0.15) is 11.6 Å². The molecule has 1 N–H and O–H groups in total. The van der Waals surface area contributed by atoms with Crippen LogP contribution in [0.5, 0.6) is 5.75 Å². The zero-order chi connectivity index (χ0) is 10.7. The standard InChI is InChI=1S/C11H13FO2/c1-3-4-8-5-9(12)6-10(7(2)13)11(8)14/h5-6,14H,3-4H2,1-2H3. The summed E-state index contributed by atoms with van der Waals surface area (Å²) in [6, 6.07) is 2.34. The minimum atomic E-state index is -0.476. The second-order valence-corrected chi connectivity index (χ2v) is 3.27. The second-order valence-electron chi connectivity index (χ2n) is 3.27. The van der Waals surface area contributed by atoms with Crippen LogP contribution in [0, 0.1) is 5.82 Å². The molecule has 0 bridgehead atoms. The van der Waals surface area contributed by atoms with Gasteiger partial charge in [0.2, 0.25) is 0 Å². The van der Waals surface area contributed by atoms with Gasteiger partial charge in [-0.1, -0.05) is 13.3 Å². The number of phenols is 1. The lowest BCUT2D eigenvalue weighted by atomic mass is 10.0. The minimum Gasteiger partial charge on any atom is -0.507 e. The summed E-state index contributed by atoms with van der Waals surface area (Å²) < 4.78 is 13.0. The number of carbonyl (C=O) groups is 1. The van der Waals surface area contributed by atoms with Gasteiger partial charge in [-0.2, -0.15) is 0 Å². The Bertz CT molecular complexity index is 359. The molecule has 0 saturated heterocycles. The average molecular weight is 196 g/mol. The van der Waals surface area contributed by atoms with Gasteiger partial charge >= 0.3 is 0 Å². The Hall–Kier alpha value is -1.38. The summed E-state index contributed by atoms with van der Waals surface area (Å²) in [5.74, 6) is -0.878. The summed E-state index contributed by atoms with van der Waals surface area (Å²) in [7, 11) is 0. The summed E-state index contributed by atoms with van der Waals surface area (Å²) in [4.78, 5) is 11.0. The number of ketones is 1. The van der Waals surface area contributed by atoms with Gasteiger partial charge in [0.25, 0.3) is 0 Å². The van der Waals surface area contributed by atoms with Crippen molar-refractivity contribution in [3.8, 4) is 5.75 Å². The molecule has 0 spiro atoms. The third-order valence-electron chi connectivity index (χ3n) is 2.05. The van der Waals surface area contributed by atoms with E-state index in [0.717, 1.165) is 12.5 Å². The predicted octanol–water partition coefficient (Wildman–Crippen LogP) is 2.69. The van der Waals surface area contributed by atoms with Gasteiger partial charge < -0.3 is 5.11 Å². The molecule has 0 heterocycles. The van der Waals surface area contributed by atoms with Crippen LogP contribution in [0.25, 0.3) is 0 Å². The quantitative estimate of drug-likeness (QED) is 0.754. The Kier molecular flexibility index (Phi) is 3.23. The number of Topliss-reactive ketones (excluding diaryl/α,β-unsaturated/α-hetero) is 1. The maximum absolute atomic E-state index is 13.0. The Morgan fingerprint density at radius 1 is 1.50 bits per heavy atom. The van der Waals surface area contributed by atoms with Gasteiger partial charge in [0.05, 0.1) is 5.56 Å². The molecule has 76 valence electrons. The molecule has 0 saturated carbocycles. The molecule has 0 unspecified atom stereocenters. The number of aromatic hydroxyl groups is 1. The van der Waals surface area contributed by atoms with Crippen LogP contribution in [-0.2, 0) is 6.42 Å². The number of hydrogen-bond acceptors (Lipinski definition) is 2. The molecule has 0 aliphatic rings. The number of halogens is 1. The summed E-state index contributed by atoms with van der Waals surface area (Å²) in [5, 5.41) is 9.63. The van der Waals surface area contributed by atoms with Crippen LogP contribution in [0.1, 0.15) is 36.2 Å². The molecular weight excluding hydrogens is 183 g/mol. The van der Waals surface area contributed by atoms with Gasteiger partial charge in [-0.3, -0.25) is 4.79 Å². The summed E-state index contributed by atoms with van der Waals surface area (Å²) in [5.41, 5.74) is 0.561. The van der Waals surface area contributed by atoms with E-state index < -0.39 is 5.82 Å². The number of hydrogen-bond donors (Lipinski definition) is 1. The third-order valence-corrected chi connectivity index (χ3v) is 2.05. The third kappa shape index (κ3) is 2.10. The first-order chi connectivity index (χ1) is 6.56. The summed E-state index contributed by atoms with van der Waals surface area (Å²) in [6.45, 7) is 3.24. The van der Waals surface area contributed by atoms with Crippen LogP contribution in [0.3, 0.4) is 0 Å². The first-order valence-corrected chi connectivity index (χ1v) is 4.58. The van der Waals surface area contributed by atoms with Crippen molar-refractivity contribution in [2.45, 2.75) is 26.7 Å². The van der Waals surface area contributed by atoms with Gasteiger partial charge in [0.15, 0.2) is 5.78 Å². The van der Waals surface area contributed by atoms with E-state index in [0.29, 0.717) is 12.0 Å². The van der Waals surface area contributed by atoms with Crippen LogP contribution >= 0.6 is 0 Å². The SMILES string of the molecule is CCCc1cc(F)cc(C(C)=O)c1O. The lowest BCUT2D eigenvalue weighted by Gasteiger charge is -2.07. The summed E-state index contributed by atoms with van der Waals surface area (Å²) in [6.07, 6.45) is 1.37. The molecule has 1 aromatic carbocycles. The number of aryl methyl sites for hydroxylation is 1. The van der Waals surface area contributed by atoms with E-state index in [4.69, 9.17) is 0 Å². The molecule has 0 atom stereocenters. The topological polar surface area (TPSA) is 37.3 Å². The maximum Gasteiger partial charge on any atom is 0.163 e. The number of rotatable bonds is 3. The monoisotopic (exact) mass is 196 g/mol. The number of carbonyl (C=O) groups excluding carboxylic acids is 1. The molecule has 0 amide bonds. The first kappa shape index (κ1) is 10.7. The van der Waals surface area contributed by atoms with Crippen molar-refractivity contribution >= 4 is 5.78 Å². The average Bonchev–Trinajstić information content (AvgIpc) is 2.10. The Morgan fingerprint density at radius 3 is 2.64 bits per heavy atom. The molecule has 0 radical (unpaired) electrons. The van der Waals surface area contributed by atoms with E-state index in [1.54, 1.807) is 0 Å². The van der Waals surface area contributed by atoms with E-state index in [-0.39, 0.29) is 17.1 Å². The van der Waals surface area contributed by atoms with Crippen molar-refractivity contribution in [2.75, 3.05) is 0 Å². The van der Waals surface area contributed by atoms with Crippen molar-refractivity contribution in [2.24, 2.45) is 0 Å². The molecular formula is C11H13FO2. The van der Waals surface area contributed by atoms with Crippen molar-refractivity contribution in [3.63, 3.8) is 0 Å². The van der Waals surface area contributed by atoms with Crippen molar-refractivity contribution in [3.05, 3.63) is 29.1 Å².